The first kappa shape index (κ1) is 24.8. The van der Waals surface area contributed by atoms with Crippen LogP contribution in [0, 0.1) is 17.3 Å². The van der Waals surface area contributed by atoms with Crippen LogP contribution in [0.5, 0.6) is 5.88 Å². The number of amides is 1. The Morgan fingerprint density at radius 3 is 2.10 bits per heavy atom. The van der Waals surface area contributed by atoms with Gasteiger partial charge in [-0.3, -0.25) is 14.2 Å². The number of methoxy groups -OCH3 is 1. The molecule has 0 aliphatic rings. The summed E-state index contributed by atoms with van der Waals surface area (Å²) in [7, 11) is 1.54. The molecule has 7 heteroatoms. The summed E-state index contributed by atoms with van der Waals surface area (Å²) in [5, 5.41) is 0. The summed E-state index contributed by atoms with van der Waals surface area (Å²) in [6.45, 7) is 15.6. The van der Waals surface area contributed by atoms with Crippen LogP contribution in [0.3, 0.4) is 0 Å². The lowest BCUT2D eigenvalue weighted by atomic mass is 9.90. The normalized spacial score (nSPS) is 12.1. The number of pyridine rings is 1. The zero-order chi connectivity index (χ0) is 23.3. The van der Waals surface area contributed by atoms with E-state index in [4.69, 9.17) is 4.74 Å². The maximum Gasteiger partial charge on any atom is 0.242 e. The molecule has 31 heavy (non-hydrogen) atoms. The van der Waals surface area contributed by atoms with Crippen LogP contribution in [0.2, 0.25) is 0 Å². The fraction of sp³-hybridized carbons (Fsp3) is 0.667. The van der Waals surface area contributed by atoms with E-state index in [1.54, 1.807) is 23.8 Å². The highest BCUT2D eigenvalue weighted by Gasteiger charge is 2.30. The molecule has 7 nitrogen and oxygen atoms in total. The lowest BCUT2D eigenvalue weighted by molar-refractivity contribution is -0.132. The van der Waals surface area contributed by atoms with Crippen molar-refractivity contribution >= 4 is 22.9 Å². The lowest BCUT2D eigenvalue weighted by Gasteiger charge is -2.25. The number of hydrogen-bond acceptors (Lipinski definition) is 5. The Morgan fingerprint density at radius 1 is 1.03 bits per heavy atom. The molecule has 2 rings (SSSR count). The summed E-state index contributed by atoms with van der Waals surface area (Å²) in [4.78, 5) is 37.4. The Hall–Kier alpha value is -2.44. The molecule has 172 valence electrons. The minimum absolute atomic E-state index is 0.0202. The number of rotatable bonds is 10. The van der Waals surface area contributed by atoms with Crippen LogP contribution in [0.4, 0.5) is 0 Å². The monoisotopic (exact) mass is 430 g/mol. The Labute approximate surface area is 186 Å². The van der Waals surface area contributed by atoms with Gasteiger partial charge in [0.2, 0.25) is 17.6 Å². The molecular formula is C24H38N4O3. The third-order valence-electron chi connectivity index (χ3n) is 5.26. The Kier molecular flexibility index (Phi) is 8.21. The minimum atomic E-state index is -0.624. The predicted molar refractivity (Wildman–Crippen MR) is 123 cm³/mol. The second-order valence-corrected chi connectivity index (χ2v) is 10.0. The average molecular weight is 431 g/mol. The highest BCUT2D eigenvalue weighted by atomic mass is 16.5. The Bertz CT molecular complexity index is 897. The fourth-order valence-electron chi connectivity index (χ4n) is 3.18. The van der Waals surface area contributed by atoms with Gasteiger partial charge in [-0.1, -0.05) is 48.5 Å². The first-order valence-electron chi connectivity index (χ1n) is 11.2. The summed E-state index contributed by atoms with van der Waals surface area (Å²) in [5.74, 6) is 1.57. The van der Waals surface area contributed by atoms with Crippen molar-refractivity contribution in [1.29, 1.82) is 0 Å². The van der Waals surface area contributed by atoms with Crippen molar-refractivity contribution in [3.05, 3.63) is 18.0 Å². The summed E-state index contributed by atoms with van der Waals surface area (Å²) in [6, 6.07) is 3.49. The number of fused-ring (bicyclic) bond motifs is 1. The predicted octanol–water partition coefficient (Wildman–Crippen LogP) is 4.59. The molecule has 2 heterocycles. The zero-order valence-electron chi connectivity index (χ0n) is 20.4. The highest BCUT2D eigenvalue weighted by molar-refractivity contribution is 5.99. The number of hydrogen-bond donors (Lipinski definition) is 0. The standard InChI is InChI=1S/C24H38N4O3/c1-16(2)11-13-27(14-12-17(3)4)20(29)15-28-22-18(9-10-19(26-22)31-8)25-23(28)21(30)24(5,6)7/h9-10,16-17H,11-15H2,1-8H3. The van der Waals surface area contributed by atoms with Crippen molar-refractivity contribution in [3.63, 3.8) is 0 Å². The first-order chi connectivity index (χ1) is 14.4. The molecule has 0 saturated heterocycles. The van der Waals surface area contributed by atoms with Gasteiger partial charge in [0.15, 0.2) is 11.5 Å². The molecule has 0 radical (unpaired) electrons. The van der Waals surface area contributed by atoms with E-state index in [0.717, 1.165) is 12.8 Å². The van der Waals surface area contributed by atoms with E-state index in [-0.39, 0.29) is 24.1 Å². The minimum Gasteiger partial charge on any atom is -0.481 e. The van der Waals surface area contributed by atoms with Gasteiger partial charge in [-0.15, -0.1) is 0 Å². The van der Waals surface area contributed by atoms with Crippen LogP contribution >= 0.6 is 0 Å². The average Bonchev–Trinajstić information content (AvgIpc) is 3.03. The van der Waals surface area contributed by atoms with Crippen molar-refractivity contribution in [1.82, 2.24) is 19.4 Å². The molecular weight excluding hydrogens is 392 g/mol. The molecule has 2 aromatic heterocycles. The van der Waals surface area contributed by atoms with Gasteiger partial charge in [0.05, 0.1) is 7.11 Å². The van der Waals surface area contributed by atoms with Crippen molar-refractivity contribution in [2.75, 3.05) is 20.2 Å². The van der Waals surface area contributed by atoms with Crippen molar-refractivity contribution in [2.24, 2.45) is 17.3 Å². The molecule has 1 amide bonds. The summed E-state index contributed by atoms with van der Waals surface area (Å²) >= 11 is 0. The number of ketones is 1. The van der Waals surface area contributed by atoms with Crippen LogP contribution in [0.15, 0.2) is 12.1 Å². The Balaban J connectivity index is 2.45. The smallest absolute Gasteiger partial charge is 0.242 e. The SMILES string of the molecule is COc1ccc2nc(C(=O)C(C)(C)C)n(CC(=O)N(CCC(C)C)CCC(C)C)c2n1. The van der Waals surface area contributed by atoms with Gasteiger partial charge in [0, 0.05) is 24.6 Å². The van der Waals surface area contributed by atoms with Gasteiger partial charge >= 0.3 is 0 Å². The second-order valence-electron chi connectivity index (χ2n) is 10.0. The van der Waals surface area contributed by atoms with Crippen molar-refractivity contribution in [3.8, 4) is 5.88 Å². The number of nitrogens with zero attached hydrogens (tertiary/aromatic N) is 4. The van der Waals surface area contributed by atoms with Gasteiger partial charge in [0.25, 0.3) is 0 Å². The second kappa shape index (κ2) is 10.2. The Morgan fingerprint density at radius 2 is 1.61 bits per heavy atom. The van der Waals surface area contributed by atoms with Crippen LogP contribution in [0.1, 0.15) is 71.9 Å². The van der Waals surface area contributed by atoms with E-state index in [9.17, 15) is 9.59 Å². The number of aromatic nitrogens is 3. The van der Waals surface area contributed by atoms with Gasteiger partial charge in [0.1, 0.15) is 12.1 Å². The van der Waals surface area contributed by atoms with Gasteiger partial charge in [-0.25, -0.2) is 4.98 Å². The maximum absolute atomic E-state index is 13.4. The lowest BCUT2D eigenvalue weighted by Crippen LogP contribution is -2.37. The molecule has 0 N–H and O–H groups in total. The molecule has 0 aliphatic heterocycles. The van der Waals surface area contributed by atoms with Crippen LogP contribution in [0.25, 0.3) is 11.2 Å². The van der Waals surface area contributed by atoms with Crippen LogP contribution < -0.4 is 4.74 Å². The molecule has 0 spiro atoms. The van der Waals surface area contributed by atoms with Gasteiger partial charge in [-0.05, 0) is 30.7 Å². The third kappa shape index (κ3) is 6.52. The number of ether oxygens (including phenoxy) is 1. The van der Waals surface area contributed by atoms with E-state index in [2.05, 4.69) is 37.7 Å². The molecule has 0 atom stereocenters. The van der Waals surface area contributed by atoms with E-state index >= 15 is 0 Å². The van der Waals surface area contributed by atoms with Crippen LogP contribution in [-0.4, -0.2) is 51.3 Å². The van der Waals surface area contributed by atoms with E-state index in [0.29, 0.717) is 42.0 Å². The maximum atomic E-state index is 13.4. The van der Waals surface area contributed by atoms with Gasteiger partial charge < -0.3 is 9.64 Å². The summed E-state index contributed by atoms with van der Waals surface area (Å²) in [5.41, 5.74) is 0.450. The molecule has 0 fully saturated rings. The molecule has 0 aromatic carbocycles. The molecule has 0 bridgehead atoms. The fourth-order valence-corrected chi connectivity index (χ4v) is 3.18. The highest BCUT2D eigenvalue weighted by Crippen LogP contribution is 2.25. The number of imidazole rings is 1. The molecule has 0 aliphatic carbocycles. The number of carbonyl (C=O) groups is 2. The largest absolute Gasteiger partial charge is 0.481 e. The topological polar surface area (TPSA) is 77.3 Å². The molecule has 0 unspecified atom stereocenters. The molecule has 0 saturated carbocycles. The van der Waals surface area contributed by atoms with Gasteiger partial charge in [-0.2, -0.15) is 4.98 Å². The van der Waals surface area contributed by atoms with Crippen molar-refractivity contribution in [2.45, 2.75) is 67.9 Å². The number of Topliss-reactive ketones (excluding diaryl/α,β-unsaturated/α-hetero) is 1. The van der Waals surface area contributed by atoms with E-state index < -0.39 is 5.41 Å². The third-order valence-corrected chi connectivity index (χ3v) is 5.26. The summed E-state index contributed by atoms with van der Waals surface area (Å²) in [6.07, 6.45) is 1.88. The van der Waals surface area contributed by atoms with Crippen molar-refractivity contribution < 1.29 is 14.3 Å². The van der Waals surface area contributed by atoms with E-state index in [1.165, 1.54) is 0 Å². The zero-order valence-corrected chi connectivity index (χ0v) is 20.4. The number of carbonyl (C=O) groups excluding carboxylic acids is 2. The summed E-state index contributed by atoms with van der Waals surface area (Å²) < 4.78 is 6.92. The first-order valence-corrected chi connectivity index (χ1v) is 11.2. The molecule has 2 aromatic rings. The quantitative estimate of drug-likeness (QED) is 0.515. The van der Waals surface area contributed by atoms with E-state index in [1.807, 2.05) is 25.7 Å². The van der Waals surface area contributed by atoms with Crippen LogP contribution in [-0.2, 0) is 11.3 Å².